The summed E-state index contributed by atoms with van der Waals surface area (Å²) in [5.41, 5.74) is 1.02. The molecule has 2 heterocycles. The first-order valence-electron chi connectivity index (χ1n) is 7.95. The molecule has 2 aromatic heterocycles. The van der Waals surface area contributed by atoms with Crippen LogP contribution in [0.15, 0.2) is 47.8 Å². The minimum Gasteiger partial charge on any atom is -0.477 e. The number of hydrogen-bond donors (Lipinski definition) is 2. The summed E-state index contributed by atoms with van der Waals surface area (Å²) in [7, 11) is 1.77. The Bertz CT molecular complexity index is 595. The number of guanidine groups is 1. The quantitative estimate of drug-likeness (QED) is 0.578. The first-order valence-corrected chi connectivity index (χ1v) is 7.95. The first-order chi connectivity index (χ1) is 11.3. The molecule has 0 aliphatic rings. The van der Waals surface area contributed by atoms with Crippen LogP contribution in [0.1, 0.15) is 18.9 Å². The van der Waals surface area contributed by atoms with Gasteiger partial charge in [0.05, 0.1) is 6.61 Å². The van der Waals surface area contributed by atoms with Crippen molar-refractivity contribution >= 4 is 5.96 Å². The molecule has 0 unspecified atom stereocenters. The van der Waals surface area contributed by atoms with Crippen LogP contribution < -0.4 is 15.4 Å². The monoisotopic (exact) mass is 315 g/mol. The van der Waals surface area contributed by atoms with E-state index < -0.39 is 0 Å². The van der Waals surface area contributed by atoms with Gasteiger partial charge in [-0.05, 0) is 24.6 Å². The molecule has 0 fully saturated rings. The third-order valence-electron chi connectivity index (χ3n) is 3.29. The summed E-state index contributed by atoms with van der Waals surface area (Å²) in [6, 6.07) is 7.97. The Kier molecular flexibility index (Phi) is 6.97. The van der Waals surface area contributed by atoms with Gasteiger partial charge in [0, 0.05) is 50.8 Å². The van der Waals surface area contributed by atoms with Gasteiger partial charge in [-0.25, -0.2) is 4.98 Å². The van der Waals surface area contributed by atoms with E-state index in [4.69, 9.17) is 4.74 Å². The highest BCUT2D eigenvalue weighted by atomic mass is 16.5. The second-order valence-electron chi connectivity index (χ2n) is 5.09. The molecule has 23 heavy (non-hydrogen) atoms. The van der Waals surface area contributed by atoms with Crippen molar-refractivity contribution in [1.29, 1.82) is 0 Å². The summed E-state index contributed by atoms with van der Waals surface area (Å²) in [6.45, 7) is 5.08. The lowest BCUT2D eigenvalue weighted by Crippen LogP contribution is -2.38. The minimum absolute atomic E-state index is 0.621. The van der Waals surface area contributed by atoms with E-state index in [0.717, 1.165) is 31.0 Å². The molecule has 124 valence electrons. The average Bonchev–Trinajstić information content (AvgIpc) is 3.10. The van der Waals surface area contributed by atoms with Crippen LogP contribution in [0.4, 0.5) is 0 Å². The Balaban J connectivity index is 1.81. The molecule has 2 N–H and O–H groups in total. The molecule has 0 saturated carbocycles. The number of hydrogen-bond acceptors (Lipinski definition) is 3. The Hall–Kier alpha value is -2.50. The van der Waals surface area contributed by atoms with Gasteiger partial charge in [-0.2, -0.15) is 0 Å². The molecule has 0 spiro atoms. The largest absolute Gasteiger partial charge is 0.477 e. The predicted molar refractivity (Wildman–Crippen MR) is 92.7 cm³/mol. The zero-order valence-electron chi connectivity index (χ0n) is 13.8. The molecule has 0 saturated heterocycles. The smallest absolute Gasteiger partial charge is 0.218 e. The molecule has 0 bridgehead atoms. The van der Waals surface area contributed by atoms with Crippen molar-refractivity contribution in [2.45, 2.75) is 26.4 Å². The fourth-order valence-corrected chi connectivity index (χ4v) is 2.11. The van der Waals surface area contributed by atoms with E-state index in [1.165, 1.54) is 0 Å². The molecule has 0 radical (unpaired) electrons. The molecule has 6 heteroatoms. The van der Waals surface area contributed by atoms with Gasteiger partial charge in [-0.15, -0.1) is 0 Å². The van der Waals surface area contributed by atoms with Crippen LogP contribution in [-0.4, -0.2) is 35.7 Å². The third kappa shape index (κ3) is 5.65. The van der Waals surface area contributed by atoms with Gasteiger partial charge in [0.2, 0.25) is 5.88 Å². The molecule has 0 aliphatic carbocycles. The highest BCUT2D eigenvalue weighted by molar-refractivity contribution is 5.79. The standard InChI is InChI=1S/C17H25N5O/c1-3-13-23-16-15(7-6-8-19-16)14-21-17(18-2)20-9-12-22-10-4-5-11-22/h4-8,10-11H,3,9,12-14H2,1-2H3,(H2,18,20,21). The molecule has 0 atom stereocenters. The lowest BCUT2D eigenvalue weighted by Gasteiger charge is -2.14. The number of aromatic nitrogens is 2. The van der Waals surface area contributed by atoms with Crippen LogP contribution in [0.2, 0.25) is 0 Å². The minimum atomic E-state index is 0.621. The van der Waals surface area contributed by atoms with Gasteiger partial charge >= 0.3 is 0 Å². The number of rotatable bonds is 8. The van der Waals surface area contributed by atoms with Crippen LogP contribution in [0, 0.1) is 0 Å². The van der Waals surface area contributed by atoms with Gasteiger partial charge in [-0.3, -0.25) is 4.99 Å². The van der Waals surface area contributed by atoms with Crippen LogP contribution in [0.5, 0.6) is 5.88 Å². The Morgan fingerprint density at radius 2 is 2.09 bits per heavy atom. The normalized spacial score (nSPS) is 11.3. The van der Waals surface area contributed by atoms with Gasteiger partial charge in [0.25, 0.3) is 0 Å². The molecular formula is C17H25N5O. The molecule has 0 aromatic carbocycles. The Labute approximate surface area is 137 Å². The van der Waals surface area contributed by atoms with Crippen molar-refractivity contribution < 1.29 is 4.74 Å². The Morgan fingerprint density at radius 3 is 2.83 bits per heavy atom. The molecule has 0 amide bonds. The maximum absolute atomic E-state index is 5.67. The fraction of sp³-hybridized carbons (Fsp3) is 0.412. The lowest BCUT2D eigenvalue weighted by atomic mass is 10.2. The summed E-state index contributed by atoms with van der Waals surface area (Å²) in [4.78, 5) is 8.53. The summed E-state index contributed by atoms with van der Waals surface area (Å²) in [5, 5.41) is 6.59. The summed E-state index contributed by atoms with van der Waals surface area (Å²) in [5.74, 6) is 1.45. The van der Waals surface area contributed by atoms with Gasteiger partial charge in [0.1, 0.15) is 0 Å². The lowest BCUT2D eigenvalue weighted by molar-refractivity contribution is 0.301. The van der Waals surface area contributed by atoms with Crippen LogP contribution in [0.3, 0.4) is 0 Å². The van der Waals surface area contributed by atoms with Crippen LogP contribution in [-0.2, 0) is 13.1 Å². The fourth-order valence-electron chi connectivity index (χ4n) is 2.11. The Morgan fingerprint density at radius 1 is 1.26 bits per heavy atom. The third-order valence-corrected chi connectivity index (χ3v) is 3.29. The molecular weight excluding hydrogens is 290 g/mol. The molecule has 6 nitrogen and oxygen atoms in total. The number of ether oxygens (including phenoxy) is 1. The number of pyridine rings is 1. The SMILES string of the molecule is CCCOc1ncccc1CNC(=NC)NCCn1cccc1. The zero-order chi connectivity index (χ0) is 16.3. The molecule has 2 aromatic rings. The summed E-state index contributed by atoms with van der Waals surface area (Å²) in [6.07, 6.45) is 6.81. The van der Waals surface area contributed by atoms with Crippen molar-refractivity contribution in [3.8, 4) is 5.88 Å². The summed E-state index contributed by atoms with van der Waals surface area (Å²) < 4.78 is 7.79. The van der Waals surface area contributed by atoms with E-state index in [9.17, 15) is 0 Å². The second kappa shape index (κ2) is 9.50. The maximum atomic E-state index is 5.67. The first kappa shape index (κ1) is 16.9. The summed E-state index contributed by atoms with van der Waals surface area (Å²) >= 11 is 0. The van der Waals surface area contributed by atoms with Crippen molar-refractivity contribution in [2.75, 3.05) is 20.2 Å². The van der Waals surface area contributed by atoms with E-state index in [1.54, 1.807) is 13.2 Å². The van der Waals surface area contributed by atoms with Crippen LogP contribution >= 0.6 is 0 Å². The van der Waals surface area contributed by atoms with Crippen molar-refractivity contribution in [3.63, 3.8) is 0 Å². The maximum Gasteiger partial charge on any atom is 0.218 e. The number of nitrogens with zero attached hydrogens (tertiary/aromatic N) is 3. The van der Waals surface area contributed by atoms with E-state index >= 15 is 0 Å². The van der Waals surface area contributed by atoms with Crippen LogP contribution in [0.25, 0.3) is 0 Å². The average molecular weight is 315 g/mol. The van der Waals surface area contributed by atoms with Gasteiger partial charge in [0.15, 0.2) is 5.96 Å². The van der Waals surface area contributed by atoms with Gasteiger partial charge < -0.3 is 19.9 Å². The highest BCUT2D eigenvalue weighted by Crippen LogP contribution is 2.14. The van der Waals surface area contributed by atoms with E-state index in [-0.39, 0.29) is 0 Å². The van der Waals surface area contributed by atoms with Crippen molar-refractivity contribution in [1.82, 2.24) is 20.2 Å². The van der Waals surface area contributed by atoms with Gasteiger partial charge in [-0.1, -0.05) is 13.0 Å². The second-order valence-corrected chi connectivity index (χ2v) is 5.09. The van der Waals surface area contributed by atoms with E-state index in [2.05, 4.69) is 32.1 Å². The number of nitrogens with one attached hydrogen (secondary N) is 2. The van der Waals surface area contributed by atoms with Crippen molar-refractivity contribution in [3.05, 3.63) is 48.4 Å². The highest BCUT2D eigenvalue weighted by Gasteiger charge is 2.05. The topological polar surface area (TPSA) is 63.5 Å². The van der Waals surface area contributed by atoms with E-state index in [1.807, 2.05) is 36.7 Å². The molecule has 0 aliphatic heterocycles. The molecule has 2 rings (SSSR count). The van der Waals surface area contributed by atoms with Crippen molar-refractivity contribution in [2.24, 2.45) is 4.99 Å². The predicted octanol–water partition coefficient (Wildman–Crippen LogP) is 2.04. The zero-order valence-corrected chi connectivity index (χ0v) is 13.8. The van der Waals surface area contributed by atoms with E-state index in [0.29, 0.717) is 19.0 Å². The number of aliphatic imine (C=N–C) groups is 1.